The van der Waals surface area contributed by atoms with Crippen LogP contribution in [0.15, 0.2) is 34.8 Å². The van der Waals surface area contributed by atoms with Gasteiger partial charge in [-0.2, -0.15) is 0 Å². The van der Waals surface area contributed by atoms with E-state index in [4.69, 9.17) is 5.73 Å². The number of rotatable bonds is 3. The van der Waals surface area contributed by atoms with Crippen molar-refractivity contribution in [2.45, 2.75) is 13.3 Å². The second-order valence-corrected chi connectivity index (χ2v) is 6.27. The fourth-order valence-corrected chi connectivity index (χ4v) is 3.09. The fraction of sp³-hybridized carbons (Fsp3) is 0.214. The largest absolute Gasteiger partial charge is 0.397 e. The van der Waals surface area contributed by atoms with Gasteiger partial charge in [0.15, 0.2) is 0 Å². The first-order chi connectivity index (χ1) is 9.02. The highest BCUT2D eigenvalue weighted by atomic mass is 79.9. The molecule has 0 aliphatic heterocycles. The predicted molar refractivity (Wildman–Crippen MR) is 85.0 cm³/mol. The summed E-state index contributed by atoms with van der Waals surface area (Å²) in [5.41, 5.74) is 7.25. The first kappa shape index (κ1) is 14.1. The quantitative estimate of drug-likeness (QED) is 0.861. The van der Waals surface area contributed by atoms with Crippen LogP contribution in [-0.4, -0.2) is 13.0 Å². The van der Waals surface area contributed by atoms with E-state index in [1.165, 1.54) is 16.2 Å². The lowest BCUT2D eigenvalue weighted by molar-refractivity contribution is 0.0997. The van der Waals surface area contributed by atoms with Crippen LogP contribution in [-0.2, 0) is 6.42 Å². The van der Waals surface area contributed by atoms with E-state index in [0.29, 0.717) is 5.69 Å². The van der Waals surface area contributed by atoms with Crippen LogP contribution >= 0.6 is 27.3 Å². The van der Waals surface area contributed by atoms with Crippen molar-refractivity contribution < 1.29 is 4.79 Å². The fourth-order valence-electron chi connectivity index (χ4n) is 1.79. The molecule has 2 rings (SSSR count). The minimum absolute atomic E-state index is 0.0290. The summed E-state index contributed by atoms with van der Waals surface area (Å²) < 4.78 is 0.902. The summed E-state index contributed by atoms with van der Waals surface area (Å²) in [5.74, 6) is -0.0290. The summed E-state index contributed by atoms with van der Waals surface area (Å²) in [6.07, 6.45) is 0.947. The molecular weight excluding hydrogens is 324 g/mol. The molecule has 0 saturated heterocycles. The number of aryl methyl sites for hydroxylation is 1. The summed E-state index contributed by atoms with van der Waals surface area (Å²) in [4.78, 5) is 15.9. The van der Waals surface area contributed by atoms with Crippen molar-refractivity contribution in [3.8, 4) is 0 Å². The monoisotopic (exact) mass is 338 g/mol. The van der Waals surface area contributed by atoms with E-state index in [1.807, 2.05) is 24.3 Å². The van der Waals surface area contributed by atoms with Gasteiger partial charge in [0.2, 0.25) is 0 Å². The van der Waals surface area contributed by atoms with E-state index in [2.05, 4.69) is 22.9 Å². The van der Waals surface area contributed by atoms with Crippen LogP contribution < -0.4 is 10.6 Å². The molecule has 19 heavy (non-hydrogen) atoms. The lowest BCUT2D eigenvalue weighted by Crippen LogP contribution is -2.26. The Morgan fingerprint density at radius 1 is 1.37 bits per heavy atom. The van der Waals surface area contributed by atoms with Gasteiger partial charge in [0.25, 0.3) is 5.91 Å². The zero-order valence-electron chi connectivity index (χ0n) is 10.8. The predicted octanol–water partition coefficient (Wildman–Crippen LogP) is 3.93. The average molecular weight is 339 g/mol. The van der Waals surface area contributed by atoms with Crippen LogP contribution in [0.5, 0.6) is 0 Å². The molecule has 0 unspecified atom stereocenters. The second-order valence-electron chi connectivity index (χ2n) is 4.19. The van der Waals surface area contributed by atoms with Crippen molar-refractivity contribution in [3.05, 3.63) is 44.6 Å². The molecular formula is C14H15BrN2OS. The number of anilines is 2. The Kier molecular flexibility index (Phi) is 4.27. The molecule has 2 aromatic rings. The molecule has 1 aromatic carbocycles. The molecule has 1 aromatic heterocycles. The van der Waals surface area contributed by atoms with Crippen molar-refractivity contribution in [1.82, 2.24) is 0 Å². The normalized spacial score (nSPS) is 10.5. The molecule has 0 fully saturated rings. The van der Waals surface area contributed by atoms with E-state index < -0.39 is 0 Å². The number of carbonyl (C=O) groups is 1. The number of thiophene rings is 1. The maximum atomic E-state index is 12.4. The molecule has 0 spiro atoms. The third-order valence-electron chi connectivity index (χ3n) is 2.88. The van der Waals surface area contributed by atoms with Crippen LogP contribution in [0.4, 0.5) is 11.4 Å². The van der Waals surface area contributed by atoms with E-state index in [-0.39, 0.29) is 5.91 Å². The zero-order valence-corrected chi connectivity index (χ0v) is 13.2. The van der Waals surface area contributed by atoms with Gasteiger partial charge in [-0.15, -0.1) is 11.3 Å². The summed E-state index contributed by atoms with van der Waals surface area (Å²) in [5, 5.41) is 0. The van der Waals surface area contributed by atoms with E-state index in [1.54, 1.807) is 18.0 Å². The Balaban J connectivity index is 2.27. The second kappa shape index (κ2) is 5.75. The van der Waals surface area contributed by atoms with Crippen LogP contribution in [0.3, 0.4) is 0 Å². The summed E-state index contributed by atoms with van der Waals surface area (Å²) in [7, 11) is 1.74. The highest BCUT2D eigenvalue weighted by Crippen LogP contribution is 2.28. The van der Waals surface area contributed by atoms with Crippen molar-refractivity contribution in [2.75, 3.05) is 17.7 Å². The number of carbonyl (C=O) groups excluding carboxylic acids is 1. The standard InChI is InChI=1S/C14H15BrN2OS/c1-3-10-5-7-13(19-10)14(18)17(2)12-6-4-9(15)8-11(12)16/h4-8H,3,16H2,1-2H3. The first-order valence-corrected chi connectivity index (χ1v) is 7.55. The van der Waals surface area contributed by atoms with E-state index in [0.717, 1.165) is 21.5 Å². The SMILES string of the molecule is CCc1ccc(C(=O)N(C)c2ccc(Br)cc2N)s1. The number of nitrogens with two attached hydrogens (primary N) is 1. The van der Waals surface area contributed by atoms with Crippen LogP contribution in [0.25, 0.3) is 0 Å². The molecule has 0 aliphatic carbocycles. The molecule has 0 aliphatic rings. The van der Waals surface area contributed by atoms with Gasteiger partial charge >= 0.3 is 0 Å². The third kappa shape index (κ3) is 2.98. The number of hydrogen-bond acceptors (Lipinski definition) is 3. The van der Waals surface area contributed by atoms with Gasteiger partial charge in [-0.3, -0.25) is 4.79 Å². The Labute approximate surface area is 125 Å². The minimum Gasteiger partial charge on any atom is -0.397 e. The number of amides is 1. The lowest BCUT2D eigenvalue weighted by Gasteiger charge is -2.18. The average Bonchev–Trinajstić information content (AvgIpc) is 2.86. The number of nitrogen functional groups attached to an aromatic ring is 1. The van der Waals surface area contributed by atoms with Crippen molar-refractivity contribution in [2.24, 2.45) is 0 Å². The van der Waals surface area contributed by atoms with Gasteiger partial charge in [-0.05, 0) is 36.8 Å². The molecule has 100 valence electrons. The molecule has 1 amide bonds. The zero-order chi connectivity index (χ0) is 14.0. The van der Waals surface area contributed by atoms with Gasteiger partial charge in [-0.25, -0.2) is 0 Å². The summed E-state index contributed by atoms with van der Waals surface area (Å²) >= 11 is 4.89. The highest BCUT2D eigenvalue weighted by Gasteiger charge is 2.17. The Bertz CT molecular complexity index is 609. The van der Waals surface area contributed by atoms with Crippen molar-refractivity contribution in [1.29, 1.82) is 0 Å². The Hall–Kier alpha value is -1.33. The van der Waals surface area contributed by atoms with Crippen molar-refractivity contribution >= 4 is 44.5 Å². The number of halogens is 1. The minimum atomic E-state index is -0.0290. The molecule has 0 saturated carbocycles. The molecule has 2 N–H and O–H groups in total. The van der Waals surface area contributed by atoms with Gasteiger partial charge in [0.1, 0.15) is 0 Å². The molecule has 0 atom stereocenters. The molecule has 5 heteroatoms. The molecule has 0 radical (unpaired) electrons. The number of nitrogens with zero attached hydrogens (tertiary/aromatic N) is 1. The van der Waals surface area contributed by atoms with Crippen molar-refractivity contribution in [3.63, 3.8) is 0 Å². The lowest BCUT2D eigenvalue weighted by atomic mass is 10.2. The first-order valence-electron chi connectivity index (χ1n) is 5.94. The van der Waals surface area contributed by atoms with Gasteiger partial charge in [0, 0.05) is 16.4 Å². The van der Waals surface area contributed by atoms with Crippen LogP contribution in [0, 0.1) is 0 Å². The van der Waals surface area contributed by atoms with Crippen LogP contribution in [0.1, 0.15) is 21.5 Å². The summed E-state index contributed by atoms with van der Waals surface area (Å²) in [6.45, 7) is 2.08. The molecule has 3 nitrogen and oxygen atoms in total. The van der Waals surface area contributed by atoms with Gasteiger partial charge in [-0.1, -0.05) is 22.9 Å². The van der Waals surface area contributed by atoms with E-state index in [9.17, 15) is 4.79 Å². The maximum Gasteiger partial charge on any atom is 0.268 e. The number of benzene rings is 1. The Morgan fingerprint density at radius 3 is 2.68 bits per heavy atom. The highest BCUT2D eigenvalue weighted by molar-refractivity contribution is 9.10. The van der Waals surface area contributed by atoms with Gasteiger partial charge in [0.05, 0.1) is 16.3 Å². The molecule has 1 heterocycles. The maximum absolute atomic E-state index is 12.4. The van der Waals surface area contributed by atoms with Gasteiger partial charge < -0.3 is 10.6 Å². The third-order valence-corrected chi connectivity index (χ3v) is 4.59. The topological polar surface area (TPSA) is 46.3 Å². The Morgan fingerprint density at radius 2 is 2.11 bits per heavy atom. The number of hydrogen-bond donors (Lipinski definition) is 1. The van der Waals surface area contributed by atoms with Crippen LogP contribution in [0.2, 0.25) is 0 Å². The smallest absolute Gasteiger partial charge is 0.268 e. The molecule has 0 bridgehead atoms. The summed E-state index contributed by atoms with van der Waals surface area (Å²) in [6, 6.07) is 9.38. The van der Waals surface area contributed by atoms with E-state index >= 15 is 0 Å².